The number of nitrogens with zero attached hydrogens (tertiary/aromatic N) is 1. The summed E-state index contributed by atoms with van der Waals surface area (Å²) in [5.74, 6) is 0.942. The predicted octanol–water partition coefficient (Wildman–Crippen LogP) is 2.91. The van der Waals surface area contributed by atoms with Crippen molar-refractivity contribution in [2.45, 2.75) is 44.8 Å². The van der Waals surface area contributed by atoms with E-state index in [1.54, 1.807) is 12.1 Å². The summed E-state index contributed by atoms with van der Waals surface area (Å²) in [5.41, 5.74) is 0.472. The number of rotatable bonds is 4. The lowest BCUT2D eigenvalue weighted by molar-refractivity contribution is -0.122. The lowest BCUT2D eigenvalue weighted by Gasteiger charge is -2.40. The number of benzene rings is 1. The zero-order valence-corrected chi connectivity index (χ0v) is 14.9. The fourth-order valence-corrected chi connectivity index (χ4v) is 4.35. The lowest BCUT2D eigenvalue weighted by atomic mass is 9.69. The Kier molecular flexibility index (Phi) is 6.79. The van der Waals surface area contributed by atoms with Gasteiger partial charge in [0.25, 0.3) is 6.47 Å². The third kappa shape index (κ3) is 4.50. The van der Waals surface area contributed by atoms with Crippen LogP contribution in [0.4, 0.5) is 4.39 Å². The van der Waals surface area contributed by atoms with Crippen LogP contribution in [0.15, 0.2) is 18.2 Å². The van der Waals surface area contributed by atoms with Gasteiger partial charge in [-0.2, -0.15) is 0 Å². The van der Waals surface area contributed by atoms with Crippen LogP contribution in [0.2, 0.25) is 0 Å². The fraction of sp³-hybridized carbons (Fsp3) is 0.632. The average molecular weight is 353 g/mol. The molecule has 1 saturated heterocycles. The first kappa shape index (κ1) is 19.7. The number of ether oxygens (including phenoxy) is 1. The molecule has 25 heavy (non-hydrogen) atoms. The van der Waals surface area contributed by atoms with E-state index in [0.29, 0.717) is 17.6 Å². The summed E-state index contributed by atoms with van der Waals surface area (Å²) in [6, 6.07) is 5.18. The van der Waals surface area contributed by atoms with E-state index in [4.69, 9.17) is 14.6 Å². The van der Waals surface area contributed by atoms with E-state index < -0.39 is 5.60 Å². The maximum absolute atomic E-state index is 13.8. The Balaban J connectivity index is 0.000000701. The van der Waals surface area contributed by atoms with Crippen molar-refractivity contribution in [2.24, 2.45) is 11.8 Å². The molecule has 6 heteroatoms. The number of carbonyl (C=O) groups is 1. The number of hydrogen-bond donors (Lipinski definition) is 2. The van der Waals surface area contributed by atoms with Crippen LogP contribution in [0.3, 0.4) is 0 Å². The lowest BCUT2D eigenvalue weighted by Crippen LogP contribution is -2.44. The molecule has 2 fully saturated rings. The van der Waals surface area contributed by atoms with E-state index in [9.17, 15) is 9.50 Å². The Morgan fingerprint density at radius 1 is 1.44 bits per heavy atom. The van der Waals surface area contributed by atoms with Gasteiger partial charge in [0.05, 0.1) is 12.7 Å². The number of hydrogen-bond acceptors (Lipinski definition) is 4. The van der Waals surface area contributed by atoms with Crippen LogP contribution in [0.5, 0.6) is 5.75 Å². The monoisotopic (exact) mass is 353 g/mol. The maximum Gasteiger partial charge on any atom is 0.290 e. The van der Waals surface area contributed by atoms with E-state index in [1.807, 2.05) is 6.07 Å². The first-order valence-electron chi connectivity index (χ1n) is 8.82. The number of carboxylic acid groups (broad SMARTS) is 1. The molecule has 3 rings (SSSR count). The second-order valence-corrected chi connectivity index (χ2v) is 6.98. The van der Waals surface area contributed by atoms with Crippen molar-refractivity contribution in [3.05, 3.63) is 29.6 Å². The van der Waals surface area contributed by atoms with Gasteiger partial charge in [-0.15, -0.1) is 0 Å². The molecule has 5 nitrogen and oxygen atoms in total. The molecule has 2 N–H and O–H groups in total. The highest BCUT2D eigenvalue weighted by atomic mass is 19.1. The van der Waals surface area contributed by atoms with Crippen LogP contribution in [0, 0.1) is 17.7 Å². The standard InChI is InChI=1S/C18H26FNO2.CH2O2/c1-3-18(21)8-4-5-14-11-20(12-15(14)18)10-13-6-7-17(22-2)16(19)9-13;2-1-3/h6-7,9,14-15,21H,3-5,8,10-12H2,1-2H3;1H,(H,2,3)/t14-,15+,18-;/m1./s1. The van der Waals surface area contributed by atoms with Crippen molar-refractivity contribution in [1.29, 1.82) is 0 Å². The van der Waals surface area contributed by atoms with Crippen molar-refractivity contribution in [3.8, 4) is 5.75 Å². The van der Waals surface area contributed by atoms with Crippen molar-refractivity contribution in [2.75, 3.05) is 20.2 Å². The molecule has 0 spiro atoms. The van der Waals surface area contributed by atoms with Gasteiger partial charge in [-0.3, -0.25) is 9.69 Å². The van der Waals surface area contributed by atoms with Gasteiger partial charge in [-0.05, 0) is 42.9 Å². The minimum absolute atomic E-state index is 0.250. The predicted molar refractivity (Wildman–Crippen MR) is 93.0 cm³/mol. The number of aliphatic hydroxyl groups is 1. The summed E-state index contributed by atoms with van der Waals surface area (Å²) in [4.78, 5) is 10.7. The van der Waals surface area contributed by atoms with Gasteiger partial charge in [-0.1, -0.05) is 19.4 Å². The van der Waals surface area contributed by atoms with Crippen LogP contribution in [-0.4, -0.2) is 47.4 Å². The first-order valence-corrected chi connectivity index (χ1v) is 8.82. The second kappa shape index (κ2) is 8.63. The summed E-state index contributed by atoms with van der Waals surface area (Å²) in [7, 11) is 1.48. The molecule has 0 unspecified atom stereocenters. The molecule has 1 aliphatic heterocycles. The highest BCUT2D eigenvalue weighted by Crippen LogP contribution is 2.44. The highest BCUT2D eigenvalue weighted by Gasteiger charge is 2.47. The van der Waals surface area contributed by atoms with E-state index in [2.05, 4.69) is 11.8 Å². The Labute approximate surface area is 148 Å². The summed E-state index contributed by atoms with van der Waals surface area (Å²) in [6.45, 7) is 4.51. The number of fused-ring (bicyclic) bond motifs is 1. The van der Waals surface area contributed by atoms with Gasteiger partial charge >= 0.3 is 0 Å². The van der Waals surface area contributed by atoms with Gasteiger partial charge in [-0.25, -0.2) is 4.39 Å². The Hall–Kier alpha value is -1.66. The molecule has 1 saturated carbocycles. The van der Waals surface area contributed by atoms with Crippen LogP contribution < -0.4 is 4.74 Å². The topological polar surface area (TPSA) is 70.0 Å². The quantitative estimate of drug-likeness (QED) is 0.815. The smallest absolute Gasteiger partial charge is 0.290 e. The normalized spacial score (nSPS) is 28.6. The van der Waals surface area contributed by atoms with E-state index in [-0.39, 0.29) is 12.3 Å². The Bertz CT molecular complexity index is 583. The highest BCUT2D eigenvalue weighted by molar-refractivity contribution is 5.32. The molecule has 0 bridgehead atoms. The molecule has 140 valence electrons. The number of halogens is 1. The van der Waals surface area contributed by atoms with Crippen molar-refractivity contribution in [3.63, 3.8) is 0 Å². The van der Waals surface area contributed by atoms with Crippen molar-refractivity contribution >= 4 is 6.47 Å². The minimum Gasteiger partial charge on any atom is -0.494 e. The minimum atomic E-state index is -0.497. The first-order chi connectivity index (χ1) is 12.0. The number of methoxy groups -OCH3 is 1. The largest absolute Gasteiger partial charge is 0.494 e. The number of likely N-dealkylation sites (tertiary alicyclic amines) is 1. The summed E-state index contributed by atoms with van der Waals surface area (Å²) in [6.07, 6.45) is 4.09. The summed E-state index contributed by atoms with van der Waals surface area (Å²) in [5, 5.41) is 17.7. The summed E-state index contributed by atoms with van der Waals surface area (Å²) < 4.78 is 18.8. The van der Waals surface area contributed by atoms with E-state index >= 15 is 0 Å². The molecule has 0 amide bonds. The van der Waals surface area contributed by atoms with Gasteiger partial charge in [0, 0.05) is 25.6 Å². The average Bonchev–Trinajstić information content (AvgIpc) is 3.00. The van der Waals surface area contributed by atoms with Gasteiger partial charge in [0.15, 0.2) is 11.6 Å². The van der Waals surface area contributed by atoms with Crippen LogP contribution >= 0.6 is 0 Å². The van der Waals surface area contributed by atoms with Crippen LogP contribution in [-0.2, 0) is 11.3 Å². The Morgan fingerprint density at radius 3 is 2.76 bits per heavy atom. The molecule has 1 heterocycles. The SMILES string of the molecule is CC[C@@]1(O)CCC[C@@H]2CN(Cc3ccc(OC)c(F)c3)C[C@@H]21.O=CO. The molecule has 0 radical (unpaired) electrons. The van der Waals surface area contributed by atoms with Crippen LogP contribution in [0.25, 0.3) is 0 Å². The molecule has 2 aliphatic rings. The molecule has 3 atom stereocenters. The molecular formula is C19H28FNO4. The zero-order chi connectivity index (χ0) is 18.4. The van der Waals surface area contributed by atoms with Gasteiger partial charge in [0.2, 0.25) is 0 Å². The Morgan fingerprint density at radius 2 is 2.16 bits per heavy atom. The third-order valence-electron chi connectivity index (χ3n) is 5.63. The summed E-state index contributed by atoms with van der Waals surface area (Å²) >= 11 is 0. The fourth-order valence-electron chi connectivity index (χ4n) is 4.35. The molecule has 0 aromatic heterocycles. The van der Waals surface area contributed by atoms with Crippen molar-refractivity contribution in [1.82, 2.24) is 4.90 Å². The van der Waals surface area contributed by atoms with Crippen LogP contribution in [0.1, 0.15) is 38.2 Å². The van der Waals surface area contributed by atoms with Crippen molar-refractivity contribution < 1.29 is 24.1 Å². The maximum atomic E-state index is 13.8. The van der Waals surface area contributed by atoms with E-state index in [0.717, 1.165) is 44.5 Å². The molecule has 1 aromatic rings. The second-order valence-electron chi connectivity index (χ2n) is 6.98. The third-order valence-corrected chi connectivity index (χ3v) is 5.63. The van der Waals surface area contributed by atoms with Gasteiger partial charge in [0.1, 0.15) is 0 Å². The van der Waals surface area contributed by atoms with Gasteiger partial charge < -0.3 is 14.9 Å². The zero-order valence-electron chi connectivity index (χ0n) is 14.9. The van der Waals surface area contributed by atoms with E-state index in [1.165, 1.54) is 13.5 Å². The molecule has 1 aromatic carbocycles. The molecular weight excluding hydrogens is 325 g/mol. The molecule has 1 aliphatic carbocycles.